The van der Waals surface area contributed by atoms with E-state index in [0.29, 0.717) is 17.5 Å². The molecule has 0 spiro atoms. The molecule has 0 aliphatic carbocycles. The van der Waals surface area contributed by atoms with Crippen LogP contribution in [0.4, 0.5) is 0 Å². The number of aromatic amines is 1. The molecule has 1 N–H and O–H groups in total. The van der Waals surface area contributed by atoms with Crippen LogP contribution in [0.1, 0.15) is 16.3 Å². The Kier molecular flexibility index (Phi) is 6.41. The smallest absolute Gasteiger partial charge is 0.233 e. The maximum atomic E-state index is 12.5. The molecule has 0 saturated carbocycles. The maximum Gasteiger partial charge on any atom is 0.233 e. The van der Waals surface area contributed by atoms with Gasteiger partial charge in [-0.3, -0.25) is 9.89 Å². The van der Waals surface area contributed by atoms with E-state index in [9.17, 15) is 4.79 Å². The van der Waals surface area contributed by atoms with E-state index >= 15 is 0 Å². The number of para-hydroxylation sites is 1. The van der Waals surface area contributed by atoms with Crippen LogP contribution >= 0.6 is 23.1 Å². The number of amides is 1. The van der Waals surface area contributed by atoms with Gasteiger partial charge in [-0.25, -0.2) is 9.67 Å². The lowest BCUT2D eigenvalue weighted by molar-refractivity contribution is -0.127. The molecule has 0 aliphatic rings. The van der Waals surface area contributed by atoms with Gasteiger partial charge in [0.05, 0.1) is 17.6 Å². The Bertz CT molecular complexity index is 1120. The number of nitrogens with zero attached hydrogens (tertiary/aromatic N) is 5. The Morgan fingerprint density at radius 3 is 2.90 bits per heavy atom. The van der Waals surface area contributed by atoms with Crippen LogP contribution < -0.4 is 0 Å². The summed E-state index contributed by atoms with van der Waals surface area (Å²) in [6.07, 6.45) is 7.58. The van der Waals surface area contributed by atoms with E-state index in [1.165, 1.54) is 11.8 Å². The average Bonchev–Trinajstić information content (AvgIpc) is 3.53. The molecule has 4 aromatic rings. The zero-order valence-electron chi connectivity index (χ0n) is 16.3. The highest BCUT2D eigenvalue weighted by atomic mass is 32.2. The van der Waals surface area contributed by atoms with Crippen LogP contribution in [0.2, 0.25) is 0 Å². The van der Waals surface area contributed by atoms with Gasteiger partial charge in [-0.15, -0.1) is 16.4 Å². The van der Waals surface area contributed by atoms with Gasteiger partial charge in [0.1, 0.15) is 5.82 Å². The van der Waals surface area contributed by atoms with Crippen molar-refractivity contribution in [2.45, 2.75) is 11.7 Å². The van der Waals surface area contributed by atoms with Gasteiger partial charge in [-0.05, 0) is 35.7 Å². The molecule has 0 atom stereocenters. The Morgan fingerprint density at radius 1 is 1.23 bits per heavy atom. The largest absolute Gasteiger partial charge is 0.341 e. The van der Waals surface area contributed by atoms with Gasteiger partial charge < -0.3 is 4.90 Å². The average molecular weight is 437 g/mol. The van der Waals surface area contributed by atoms with Gasteiger partial charge in [-0.1, -0.05) is 36.0 Å². The normalized spacial score (nSPS) is 11.2. The van der Waals surface area contributed by atoms with Gasteiger partial charge >= 0.3 is 0 Å². The summed E-state index contributed by atoms with van der Waals surface area (Å²) in [6.45, 7) is 0.495. The SMILES string of the molecule is CN(Cc1cnn(-c2ccccc2)c1)C(=O)CSc1n[nH]c(/C=C/c2cccs2)n1. The Morgan fingerprint density at radius 2 is 2.10 bits per heavy atom. The summed E-state index contributed by atoms with van der Waals surface area (Å²) in [7, 11) is 1.79. The van der Waals surface area contributed by atoms with Crippen molar-refractivity contribution in [2.75, 3.05) is 12.8 Å². The number of benzene rings is 1. The first kappa shape index (κ1) is 20.1. The molecule has 9 heteroatoms. The molecule has 4 rings (SSSR count). The standard InChI is InChI=1S/C21H20N6OS2/c1-26(13-16-12-22-27(14-16)17-6-3-2-4-7-17)20(28)15-30-21-23-19(24-25-21)10-9-18-8-5-11-29-18/h2-12,14H,13,15H2,1H3,(H,23,24,25)/b10-9+. The molecule has 152 valence electrons. The molecule has 0 fully saturated rings. The van der Waals surface area contributed by atoms with Crippen LogP contribution in [-0.4, -0.2) is 48.6 Å². The van der Waals surface area contributed by atoms with E-state index in [2.05, 4.69) is 20.3 Å². The molecule has 1 amide bonds. The van der Waals surface area contributed by atoms with E-state index in [0.717, 1.165) is 16.1 Å². The third-order valence-electron chi connectivity index (χ3n) is 4.26. The predicted molar refractivity (Wildman–Crippen MR) is 120 cm³/mol. The molecular weight excluding hydrogens is 416 g/mol. The lowest BCUT2D eigenvalue weighted by atomic mass is 10.3. The van der Waals surface area contributed by atoms with Gasteiger partial charge in [0.25, 0.3) is 0 Å². The van der Waals surface area contributed by atoms with Crippen molar-refractivity contribution >= 4 is 41.2 Å². The second-order valence-electron chi connectivity index (χ2n) is 6.52. The highest BCUT2D eigenvalue weighted by Gasteiger charge is 2.13. The molecule has 0 aliphatic heterocycles. The number of H-pyrrole nitrogens is 1. The minimum absolute atomic E-state index is 0.00735. The van der Waals surface area contributed by atoms with E-state index in [4.69, 9.17) is 0 Å². The topological polar surface area (TPSA) is 79.7 Å². The molecule has 0 saturated heterocycles. The van der Waals surface area contributed by atoms with E-state index in [1.54, 1.807) is 34.2 Å². The summed E-state index contributed by atoms with van der Waals surface area (Å²) in [5.74, 6) is 0.947. The Balaban J connectivity index is 1.28. The highest BCUT2D eigenvalue weighted by molar-refractivity contribution is 7.99. The van der Waals surface area contributed by atoms with Crippen LogP contribution in [0.5, 0.6) is 0 Å². The van der Waals surface area contributed by atoms with Crippen molar-refractivity contribution in [3.05, 3.63) is 76.5 Å². The van der Waals surface area contributed by atoms with Crippen LogP contribution in [0, 0.1) is 0 Å². The maximum absolute atomic E-state index is 12.5. The van der Waals surface area contributed by atoms with E-state index in [-0.39, 0.29) is 11.7 Å². The number of aromatic nitrogens is 5. The Labute approximate surface area is 182 Å². The number of hydrogen-bond acceptors (Lipinski definition) is 6. The molecule has 3 heterocycles. The van der Waals surface area contributed by atoms with Crippen molar-refractivity contribution in [2.24, 2.45) is 0 Å². The lowest BCUT2D eigenvalue weighted by Crippen LogP contribution is -2.27. The molecule has 7 nitrogen and oxygen atoms in total. The number of thiophene rings is 1. The van der Waals surface area contributed by atoms with Gasteiger partial charge in [-0.2, -0.15) is 5.10 Å². The molecular formula is C21H20N6OS2. The first-order valence-electron chi connectivity index (χ1n) is 9.27. The third-order valence-corrected chi connectivity index (χ3v) is 5.93. The van der Waals surface area contributed by atoms with Crippen LogP contribution in [-0.2, 0) is 11.3 Å². The second-order valence-corrected chi connectivity index (χ2v) is 8.44. The number of nitrogens with one attached hydrogen (secondary N) is 1. The predicted octanol–water partition coefficient (Wildman–Crippen LogP) is 3.97. The van der Waals surface area contributed by atoms with Crippen molar-refractivity contribution < 1.29 is 4.79 Å². The first-order valence-corrected chi connectivity index (χ1v) is 11.1. The molecule has 0 unspecified atom stereocenters. The van der Waals surface area contributed by atoms with Crippen molar-refractivity contribution in [1.82, 2.24) is 29.9 Å². The summed E-state index contributed by atoms with van der Waals surface area (Å²) < 4.78 is 1.81. The van der Waals surface area contributed by atoms with Crippen LogP contribution in [0.3, 0.4) is 0 Å². The number of thioether (sulfide) groups is 1. The minimum Gasteiger partial charge on any atom is -0.341 e. The highest BCUT2D eigenvalue weighted by Crippen LogP contribution is 2.16. The summed E-state index contributed by atoms with van der Waals surface area (Å²) in [6, 6.07) is 13.9. The quantitative estimate of drug-likeness (QED) is 0.423. The van der Waals surface area contributed by atoms with Crippen molar-refractivity contribution in [3.63, 3.8) is 0 Å². The van der Waals surface area contributed by atoms with E-state index in [1.807, 2.05) is 66.2 Å². The summed E-state index contributed by atoms with van der Waals surface area (Å²) >= 11 is 2.97. The van der Waals surface area contributed by atoms with Crippen LogP contribution in [0.15, 0.2) is 65.4 Å². The Hall–Kier alpha value is -3.17. The van der Waals surface area contributed by atoms with Gasteiger partial charge in [0.15, 0.2) is 0 Å². The molecule has 0 radical (unpaired) electrons. The zero-order chi connectivity index (χ0) is 20.8. The van der Waals surface area contributed by atoms with Gasteiger partial charge in [0, 0.05) is 30.2 Å². The fraction of sp³-hybridized carbons (Fsp3) is 0.143. The number of carbonyl (C=O) groups excluding carboxylic acids is 1. The fourth-order valence-electron chi connectivity index (χ4n) is 2.71. The van der Waals surface area contributed by atoms with Crippen LogP contribution in [0.25, 0.3) is 17.8 Å². The fourth-order valence-corrected chi connectivity index (χ4v) is 4.07. The summed E-state index contributed by atoms with van der Waals surface area (Å²) in [4.78, 5) is 19.7. The van der Waals surface area contributed by atoms with Crippen molar-refractivity contribution in [3.8, 4) is 5.69 Å². The number of rotatable bonds is 8. The van der Waals surface area contributed by atoms with Gasteiger partial charge in [0.2, 0.25) is 11.1 Å². The minimum atomic E-state index is 0.00735. The second kappa shape index (κ2) is 9.55. The number of hydrogen-bond donors (Lipinski definition) is 1. The number of carbonyl (C=O) groups is 1. The molecule has 30 heavy (non-hydrogen) atoms. The van der Waals surface area contributed by atoms with E-state index < -0.39 is 0 Å². The summed E-state index contributed by atoms with van der Waals surface area (Å²) in [5, 5.41) is 14.0. The molecule has 1 aromatic carbocycles. The zero-order valence-corrected chi connectivity index (χ0v) is 17.9. The molecule has 3 aromatic heterocycles. The monoisotopic (exact) mass is 436 g/mol. The summed E-state index contributed by atoms with van der Waals surface area (Å²) in [5.41, 5.74) is 1.96. The van der Waals surface area contributed by atoms with Crippen molar-refractivity contribution in [1.29, 1.82) is 0 Å². The lowest BCUT2D eigenvalue weighted by Gasteiger charge is -2.15. The molecule has 0 bridgehead atoms. The first-order chi connectivity index (χ1) is 14.7. The third kappa shape index (κ3) is 5.25.